The van der Waals surface area contributed by atoms with Gasteiger partial charge in [-0.25, -0.2) is 9.37 Å². The Labute approximate surface area is 141 Å². The number of aryl methyl sites for hydroxylation is 1. The second-order valence-electron chi connectivity index (χ2n) is 5.23. The van der Waals surface area contributed by atoms with Crippen molar-refractivity contribution in [1.29, 1.82) is 0 Å². The molecule has 0 saturated heterocycles. The van der Waals surface area contributed by atoms with Gasteiger partial charge < -0.3 is 4.57 Å². The highest BCUT2D eigenvalue weighted by Gasteiger charge is 2.30. The third-order valence-corrected chi connectivity index (χ3v) is 3.38. The lowest BCUT2D eigenvalue weighted by Gasteiger charge is -2.05. The summed E-state index contributed by atoms with van der Waals surface area (Å²) in [6, 6.07) is 6.05. The molecule has 126 valence electrons. The Balaban J connectivity index is 1.91. The van der Waals surface area contributed by atoms with Crippen LogP contribution in [0.2, 0.25) is 0 Å². The summed E-state index contributed by atoms with van der Waals surface area (Å²) >= 11 is 0. The van der Waals surface area contributed by atoms with Crippen LogP contribution in [0.1, 0.15) is 22.6 Å². The average molecular weight is 345 g/mol. The molecular formula is C18H11F4N3. The maximum atomic E-state index is 13.3. The Kier molecular flexibility index (Phi) is 4.28. The highest BCUT2D eigenvalue weighted by atomic mass is 19.4. The van der Waals surface area contributed by atoms with Crippen molar-refractivity contribution in [2.75, 3.05) is 0 Å². The summed E-state index contributed by atoms with van der Waals surface area (Å²) < 4.78 is 53.0. The molecule has 0 aliphatic rings. The molecular weight excluding hydrogens is 334 g/mol. The van der Waals surface area contributed by atoms with E-state index < -0.39 is 17.6 Å². The zero-order valence-electron chi connectivity index (χ0n) is 13.0. The van der Waals surface area contributed by atoms with Crippen LogP contribution in [0.15, 0.2) is 48.9 Å². The molecule has 2 heterocycles. The fourth-order valence-electron chi connectivity index (χ4n) is 2.24. The number of hydrogen-bond acceptors (Lipinski definition) is 2. The molecule has 0 aliphatic heterocycles. The smallest absolute Gasteiger partial charge is 0.301 e. The Morgan fingerprint density at radius 2 is 1.88 bits per heavy atom. The van der Waals surface area contributed by atoms with Gasteiger partial charge in [0, 0.05) is 17.8 Å². The molecule has 0 radical (unpaired) electrons. The van der Waals surface area contributed by atoms with E-state index in [4.69, 9.17) is 0 Å². The Morgan fingerprint density at radius 3 is 2.60 bits per heavy atom. The molecule has 0 N–H and O–H groups in total. The molecule has 0 bridgehead atoms. The maximum Gasteiger partial charge on any atom is 0.416 e. The molecule has 0 atom stereocenters. The number of halogens is 4. The summed E-state index contributed by atoms with van der Waals surface area (Å²) in [4.78, 5) is 7.99. The Morgan fingerprint density at radius 1 is 1.08 bits per heavy atom. The van der Waals surface area contributed by atoms with Crippen LogP contribution < -0.4 is 0 Å². The highest BCUT2D eigenvalue weighted by molar-refractivity contribution is 5.43. The first-order valence-corrected chi connectivity index (χ1v) is 7.19. The quantitative estimate of drug-likeness (QED) is 0.490. The van der Waals surface area contributed by atoms with E-state index in [1.807, 2.05) is 0 Å². The standard InChI is InChI=1S/C18H11F4N3/c1-12-24-16(11-25(12)17-8-15(19)9-23-10-17)6-5-13-3-2-4-14(7-13)18(20,21)22/h2-4,7-11H,1H3. The SMILES string of the molecule is Cc1nc(C#Cc2cccc(C(F)(F)F)c2)cn1-c1cncc(F)c1. The number of hydrogen-bond donors (Lipinski definition) is 0. The van der Waals surface area contributed by atoms with Crippen molar-refractivity contribution in [3.63, 3.8) is 0 Å². The van der Waals surface area contributed by atoms with Crippen LogP contribution >= 0.6 is 0 Å². The monoisotopic (exact) mass is 345 g/mol. The predicted octanol–water partition coefficient (Wildman–Crippen LogP) is 4.13. The minimum absolute atomic E-state index is 0.231. The first-order chi connectivity index (χ1) is 11.8. The van der Waals surface area contributed by atoms with Crippen molar-refractivity contribution in [2.24, 2.45) is 0 Å². The molecule has 0 saturated carbocycles. The van der Waals surface area contributed by atoms with Gasteiger partial charge in [0.25, 0.3) is 0 Å². The molecule has 1 aromatic carbocycles. The topological polar surface area (TPSA) is 30.7 Å². The minimum Gasteiger partial charge on any atom is -0.301 e. The lowest BCUT2D eigenvalue weighted by atomic mass is 10.1. The number of aromatic nitrogens is 3. The average Bonchev–Trinajstić information content (AvgIpc) is 2.93. The third kappa shape index (κ3) is 3.86. The van der Waals surface area contributed by atoms with Gasteiger partial charge in [0.1, 0.15) is 17.3 Å². The van der Waals surface area contributed by atoms with Gasteiger partial charge >= 0.3 is 6.18 Å². The summed E-state index contributed by atoms with van der Waals surface area (Å²) in [7, 11) is 0. The summed E-state index contributed by atoms with van der Waals surface area (Å²) in [5.41, 5.74) is 0.317. The van der Waals surface area contributed by atoms with Gasteiger partial charge in [-0.15, -0.1) is 0 Å². The molecule has 3 aromatic rings. The first kappa shape index (κ1) is 16.7. The van der Waals surface area contributed by atoms with Gasteiger partial charge in [-0.3, -0.25) is 4.98 Å². The van der Waals surface area contributed by atoms with E-state index in [2.05, 4.69) is 21.8 Å². The predicted molar refractivity (Wildman–Crippen MR) is 83.5 cm³/mol. The molecule has 25 heavy (non-hydrogen) atoms. The molecule has 0 fully saturated rings. The van der Waals surface area contributed by atoms with E-state index in [1.165, 1.54) is 24.4 Å². The summed E-state index contributed by atoms with van der Waals surface area (Å²) in [6.07, 6.45) is -0.279. The van der Waals surface area contributed by atoms with Gasteiger partial charge in [0.2, 0.25) is 0 Å². The maximum absolute atomic E-state index is 13.3. The number of rotatable bonds is 1. The van der Waals surface area contributed by atoms with Crippen LogP contribution in [0.4, 0.5) is 17.6 Å². The second kappa shape index (κ2) is 6.40. The van der Waals surface area contributed by atoms with Crippen molar-refractivity contribution in [3.8, 4) is 17.5 Å². The lowest BCUT2D eigenvalue weighted by molar-refractivity contribution is -0.137. The van der Waals surface area contributed by atoms with Crippen LogP contribution in [0.25, 0.3) is 5.69 Å². The van der Waals surface area contributed by atoms with Crippen LogP contribution in [0, 0.1) is 24.6 Å². The number of pyridine rings is 1. The van der Waals surface area contributed by atoms with E-state index in [9.17, 15) is 17.6 Å². The lowest BCUT2D eigenvalue weighted by Crippen LogP contribution is -2.04. The molecule has 0 spiro atoms. The summed E-state index contributed by atoms with van der Waals surface area (Å²) in [5.74, 6) is 5.46. The van der Waals surface area contributed by atoms with E-state index >= 15 is 0 Å². The van der Waals surface area contributed by atoms with Crippen LogP contribution in [-0.2, 0) is 6.18 Å². The number of alkyl halides is 3. The van der Waals surface area contributed by atoms with Crippen molar-refractivity contribution in [2.45, 2.75) is 13.1 Å². The normalized spacial score (nSPS) is 11.1. The third-order valence-electron chi connectivity index (χ3n) is 3.38. The molecule has 0 amide bonds. The number of benzene rings is 1. The second-order valence-corrected chi connectivity index (χ2v) is 5.23. The zero-order valence-corrected chi connectivity index (χ0v) is 13.0. The molecule has 0 unspecified atom stereocenters. The van der Waals surface area contributed by atoms with Crippen molar-refractivity contribution >= 4 is 0 Å². The van der Waals surface area contributed by atoms with Gasteiger partial charge in [0.15, 0.2) is 0 Å². The molecule has 3 rings (SSSR count). The fourth-order valence-corrected chi connectivity index (χ4v) is 2.24. The van der Waals surface area contributed by atoms with E-state index in [1.54, 1.807) is 17.7 Å². The van der Waals surface area contributed by atoms with Crippen LogP contribution in [-0.4, -0.2) is 14.5 Å². The fraction of sp³-hybridized carbons (Fsp3) is 0.111. The minimum atomic E-state index is -4.42. The van der Waals surface area contributed by atoms with Crippen molar-refractivity contribution < 1.29 is 17.6 Å². The van der Waals surface area contributed by atoms with Gasteiger partial charge in [-0.1, -0.05) is 12.0 Å². The zero-order chi connectivity index (χ0) is 18.0. The van der Waals surface area contributed by atoms with Crippen molar-refractivity contribution in [1.82, 2.24) is 14.5 Å². The Hall–Kier alpha value is -3.14. The van der Waals surface area contributed by atoms with Crippen LogP contribution in [0.3, 0.4) is 0 Å². The van der Waals surface area contributed by atoms with E-state index in [0.29, 0.717) is 17.2 Å². The van der Waals surface area contributed by atoms with Gasteiger partial charge in [0.05, 0.1) is 23.6 Å². The highest BCUT2D eigenvalue weighted by Crippen LogP contribution is 2.29. The van der Waals surface area contributed by atoms with Crippen LogP contribution in [0.5, 0.6) is 0 Å². The summed E-state index contributed by atoms with van der Waals surface area (Å²) in [5, 5.41) is 0. The number of nitrogens with zero attached hydrogens (tertiary/aromatic N) is 3. The molecule has 0 aliphatic carbocycles. The van der Waals surface area contributed by atoms with Crippen molar-refractivity contribution in [3.05, 3.63) is 77.4 Å². The largest absolute Gasteiger partial charge is 0.416 e. The Bertz CT molecular complexity index is 978. The van der Waals surface area contributed by atoms with Gasteiger partial charge in [-0.05, 0) is 31.0 Å². The first-order valence-electron chi connectivity index (χ1n) is 7.19. The summed E-state index contributed by atoms with van der Waals surface area (Å²) in [6.45, 7) is 1.71. The van der Waals surface area contributed by atoms with E-state index in [-0.39, 0.29) is 5.56 Å². The molecule has 3 nitrogen and oxygen atoms in total. The number of imidazole rings is 1. The van der Waals surface area contributed by atoms with Gasteiger partial charge in [-0.2, -0.15) is 13.2 Å². The molecule has 7 heteroatoms. The van der Waals surface area contributed by atoms with E-state index in [0.717, 1.165) is 18.3 Å². The molecule has 2 aromatic heterocycles.